The highest BCUT2D eigenvalue weighted by molar-refractivity contribution is 9.09. The van der Waals surface area contributed by atoms with Crippen LogP contribution in [0.5, 0.6) is 0 Å². The van der Waals surface area contributed by atoms with E-state index in [2.05, 4.69) is 22.9 Å². The van der Waals surface area contributed by atoms with Crippen LogP contribution in [0.3, 0.4) is 0 Å². The Morgan fingerprint density at radius 1 is 1.00 bits per heavy atom. The predicted molar refractivity (Wildman–Crippen MR) is 75.9 cm³/mol. The van der Waals surface area contributed by atoms with Crippen molar-refractivity contribution in [2.45, 2.75) is 75.8 Å². The lowest BCUT2D eigenvalue weighted by Crippen LogP contribution is -2.50. The molecule has 1 aliphatic carbocycles. The number of unbranched alkanes of at least 4 members (excludes halogenated alkanes) is 5. The first kappa shape index (κ1) is 15.5. The molecule has 1 aliphatic rings. The maximum Gasteiger partial charge on any atom is 0.0962 e. The third-order valence-electron chi connectivity index (χ3n) is 3.37. The molecule has 0 aromatic heterocycles. The van der Waals surface area contributed by atoms with Gasteiger partial charge in [0.15, 0.2) is 0 Å². The number of hydrogen-bond donors (Lipinski definition) is 0. The molecule has 0 aliphatic heterocycles. The number of ether oxygens (including phenoxy) is 2. The van der Waals surface area contributed by atoms with Crippen LogP contribution < -0.4 is 0 Å². The molecule has 1 fully saturated rings. The summed E-state index contributed by atoms with van der Waals surface area (Å²) in [7, 11) is 0. The van der Waals surface area contributed by atoms with Gasteiger partial charge in [-0.15, -0.1) is 0 Å². The molecule has 0 aromatic carbocycles. The maximum atomic E-state index is 5.87. The molecule has 0 aromatic rings. The summed E-state index contributed by atoms with van der Waals surface area (Å²) < 4.78 is 11.5. The van der Waals surface area contributed by atoms with Crippen molar-refractivity contribution in [3.63, 3.8) is 0 Å². The second kappa shape index (κ2) is 9.35. The summed E-state index contributed by atoms with van der Waals surface area (Å²) in [5.41, 5.74) is 0. The van der Waals surface area contributed by atoms with Crippen LogP contribution in [0.25, 0.3) is 0 Å². The topological polar surface area (TPSA) is 18.5 Å². The van der Waals surface area contributed by atoms with Crippen molar-refractivity contribution >= 4 is 15.9 Å². The van der Waals surface area contributed by atoms with Gasteiger partial charge in [0.25, 0.3) is 0 Å². The number of rotatable bonds is 10. The van der Waals surface area contributed by atoms with Gasteiger partial charge in [0.05, 0.1) is 12.2 Å². The third-order valence-corrected chi connectivity index (χ3v) is 4.26. The van der Waals surface area contributed by atoms with Crippen molar-refractivity contribution in [3.05, 3.63) is 0 Å². The van der Waals surface area contributed by atoms with Crippen molar-refractivity contribution in [2.75, 3.05) is 13.2 Å². The lowest BCUT2D eigenvalue weighted by Gasteiger charge is -2.40. The van der Waals surface area contributed by atoms with Gasteiger partial charge in [-0.2, -0.15) is 0 Å². The molecule has 17 heavy (non-hydrogen) atoms. The molecule has 0 bridgehead atoms. The maximum absolute atomic E-state index is 5.87. The zero-order chi connectivity index (χ0) is 12.5. The predicted octanol–water partition coefficient (Wildman–Crippen LogP) is 4.30. The van der Waals surface area contributed by atoms with Crippen LogP contribution in [0.15, 0.2) is 0 Å². The Balaban J connectivity index is 1.92. The van der Waals surface area contributed by atoms with E-state index in [4.69, 9.17) is 9.47 Å². The highest BCUT2D eigenvalue weighted by Gasteiger charge is 2.40. The van der Waals surface area contributed by atoms with Crippen molar-refractivity contribution in [1.29, 1.82) is 0 Å². The SMILES string of the molecule is CCCCCCCCOC1CC(Br)C1OCC. The Labute approximate surface area is 115 Å². The van der Waals surface area contributed by atoms with Gasteiger partial charge in [-0.05, 0) is 19.8 Å². The van der Waals surface area contributed by atoms with Gasteiger partial charge in [0.1, 0.15) is 0 Å². The molecule has 1 saturated carbocycles. The first-order valence-corrected chi connectivity index (χ1v) is 8.08. The Morgan fingerprint density at radius 3 is 2.35 bits per heavy atom. The largest absolute Gasteiger partial charge is 0.375 e. The molecule has 3 unspecified atom stereocenters. The van der Waals surface area contributed by atoms with Gasteiger partial charge in [-0.3, -0.25) is 0 Å². The Morgan fingerprint density at radius 2 is 1.71 bits per heavy atom. The normalized spacial score (nSPS) is 28.1. The number of alkyl halides is 1. The Kier molecular flexibility index (Phi) is 8.50. The second-order valence-electron chi connectivity index (χ2n) is 4.85. The molecule has 0 saturated heterocycles. The van der Waals surface area contributed by atoms with E-state index in [9.17, 15) is 0 Å². The molecule has 2 nitrogen and oxygen atoms in total. The van der Waals surface area contributed by atoms with E-state index >= 15 is 0 Å². The summed E-state index contributed by atoms with van der Waals surface area (Å²) >= 11 is 3.61. The van der Waals surface area contributed by atoms with E-state index in [0.717, 1.165) is 19.6 Å². The summed E-state index contributed by atoms with van der Waals surface area (Å²) in [6, 6.07) is 0. The summed E-state index contributed by atoms with van der Waals surface area (Å²) in [4.78, 5) is 0.497. The van der Waals surface area contributed by atoms with Crippen LogP contribution in [0.2, 0.25) is 0 Å². The van der Waals surface area contributed by atoms with Crippen LogP contribution in [0.1, 0.15) is 58.8 Å². The van der Waals surface area contributed by atoms with Crippen molar-refractivity contribution in [2.24, 2.45) is 0 Å². The number of hydrogen-bond acceptors (Lipinski definition) is 2. The first-order chi connectivity index (χ1) is 8.29. The fraction of sp³-hybridized carbons (Fsp3) is 1.00. The van der Waals surface area contributed by atoms with Gasteiger partial charge < -0.3 is 9.47 Å². The van der Waals surface area contributed by atoms with Crippen LogP contribution in [0, 0.1) is 0 Å². The van der Waals surface area contributed by atoms with Gasteiger partial charge in [0.2, 0.25) is 0 Å². The van der Waals surface area contributed by atoms with Crippen LogP contribution in [-0.2, 0) is 9.47 Å². The molecule has 3 atom stereocenters. The lowest BCUT2D eigenvalue weighted by atomic mass is 9.91. The van der Waals surface area contributed by atoms with E-state index in [-0.39, 0.29) is 6.10 Å². The van der Waals surface area contributed by atoms with Crippen molar-refractivity contribution < 1.29 is 9.47 Å². The van der Waals surface area contributed by atoms with Crippen LogP contribution >= 0.6 is 15.9 Å². The fourth-order valence-corrected chi connectivity index (χ4v) is 3.07. The summed E-state index contributed by atoms with van der Waals surface area (Å²) in [5, 5.41) is 0. The van der Waals surface area contributed by atoms with E-state index in [1.807, 2.05) is 6.92 Å². The van der Waals surface area contributed by atoms with Gasteiger partial charge in [-0.25, -0.2) is 0 Å². The standard InChI is InChI=1S/C14H27BrO2/c1-3-5-6-7-8-9-10-17-13-11-12(15)14(13)16-4-2/h12-14H,3-11H2,1-2H3. The van der Waals surface area contributed by atoms with E-state index < -0.39 is 0 Å². The molecule has 3 heteroatoms. The molecule has 102 valence electrons. The highest BCUT2D eigenvalue weighted by Crippen LogP contribution is 2.33. The quantitative estimate of drug-likeness (QED) is 0.442. The van der Waals surface area contributed by atoms with E-state index in [1.165, 1.54) is 38.5 Å². The molecule has 1 rings (SSSR count). The van der Waals surface area contributed by atoms with Gasteiger partial charge >= 0.3 is 0 Å². The van der Waals surface area contributed by atoms with Crippen LogP contribution in [-0.4, -0.2) is 30.2 Å². The lowest BCUT2D eigenvalue weighted by molar-refractivity contribution is -0.119. The molecule has 0 heterocycles. The molecular formula is C14H27BrO2. The monoisotopic (exact) mass is 306 g/mol. The van der Waals surface area contributed by atoms with Crippen LogP contribution in [0.4, 0.5) is 0 Å². The average molecular weight is 307 g/mol. The number of halogens is 1. The summed E-state index contributed by atoms with van der Waals surface area (Å²) in [5.74, 6) is 0. The molecule has 0 amide bonds. The van der Waals surface area contributed by atoms with Gasteiger partial charge in [0, 0.05) is 18.0 Å². The van der Waals surface area contributed by atoms with Gasteiger partial charge in [-0.1, -0.05) is 55.0 Å². The fourth-order valence-electron chi connectivity index (χ4n) is 2.21. The zero-order valence-corrected chi connectivity index (χ0v) is 12.9. The molecular weight excluding hydrogens is 280 g/mol. The second-order valence-corrected chi connectivity index (χ2v) is 6.02. The minimum absolute atomic E-state index is 0.278. The molecule has 0 N–H and O–H groups in total. The molecule has 0 radical (unpaired) electrons. The summed E-state index contributed by atoms with van der Waals surface area (Å²) in [6.07, 6.45) is 9.65. The minimum Gasteiger partial charge on any atom is -0.375 e. The highest BCUT2D eigenvalue weighted by atomic mass is 79.9. The molecule has 0 spiro atoms. The summed E-state index contributed by atoms with van der Waals surface area (Å²) in [6.45, 7) is 5.98. The van der Waals surface area contributed by atoms with E-state index in [0.29, 0.717) is 10.9 Å². The zero-order valence-electron chi connectivity index (χ0n) is 11.3. The Hall–Kier alpha value is 0.400. The minimum atomic E-state index is 0.278. The third kappa shape index (κ3) is 5.71. The Bertz CT molecular complexity index is 187. The average Bonchev–Trinajstić information content (AvgIpc) is 2.33. The van der Waals surface area contributed by atoms with Crippen molar-refractivity contribution in [1.82, 2.24) is 0 Å². The first-order valence-electron chi connectivity index (χ1n) is 7.16. The van der Waals surface area contributed by atoms with E-state index in [1.54, 1.807) is 0 Å². The smallest absolute Gasteiger partial charge is 0.0962 e. The van der Waals surface area contributed by atoms with Crippen molar-refractivity contribution in [3.8, 4) is 0 Å².